The van der Waals surface area contributed by atoms with Crippen LogP contribution < -0.4 is 0 Å². The second-order valence-corrected chi connectivity index (χ2v) is 18.8. The van der Waals surface area contributed by atoms with E-state index in [1.165, 1.54) is 32.1 Å². The summed E-state index contributed by atoms with van der Waals surface area (Å²) in [5.41, 5.74) is 0. The normalized spacial score (nSPS) is 13.1. The molecule has 1 atom stereocenters. The van der Waals surface area contributed by atoms with Crippen molar-refractivity contribution in [3.63, 3.8) is 0 Å². The molecule has 0 aromatic heterocycles. The molecule has 0 aliphatic heterocycles. The number of unbranched alkanes of at least 4 members (excludes halogenated alkanes) is 18. The quantitative estimate of drug-likeness (QED) is 0.0261. The molecule has 0 aromatic carbocycles. The zero-order chi connectivity index (χ0) is 52.2. The van der Waals surface area contributed by atoms with Gasteiger partial charge in [0.1, 0.15) is 13.2 Å². The van der Waals surface area contributed by atoms with Crippen molar-refractivity contribution in [1.82, 2.24) is 0 Å². The molecule has 0 rings (SSSR count). The van der Waals surface area contributed by atoms with E-state index in [1.54, 1.807) is 0 Å². The Bertz CT molecular complexity index is 1560. The zero-order valence-electron chi connectivity index (χ0n) is 46.4. The molecule has 72 heavy (non-hydrogen) atoms. The van der Waals surface area contributed by atoms with E-state index >= 15 is 0 Å². The number of carbonyl (C=O) groups excluding carboxylic acids is 3. The van der Waals surface area contributed by atoms with Gasteiger partial charge in [-0.3, -0.25) is 14.4 Å². The summed E-state index contributed by atoms with van der Waals surface area (Å²) in [5, 5.41) is 0. The lowest BCUT2D eigenvalue weighted by Crippen LogP contribution is -2.30. The van der Waals surface area contributed by atoms with E-state index < -0.39 is 6.10 Å². The Kier molecular flexibility index (Phi) is 55.5. The molecule has 0 aliphatic rings. The van der Waals surface area contributed by atoms with Gasteiger partial charge in [-0.15, -0.1) is 0 Å². The van der Waals surface area contributed by atoms with Gasteiger partial charge in [-0.2, -0.15) is 0 Å². The van der Waals surface area contributed by atoms with Crippen LogP contribution in [0.3, 0.4) is 0 Å². The average molecular weight is 996 g/mol. The number of allylic oxidation sites excluding steroid dienone is 22. The van der Waals surface area contributed by atoms with Crippen LogP contribution in [0.25, 0.3) is 0 Å². The summed E-state index contributed by atoms with van der Waals surface area (Å²) >= 11 is 0. The first-order chi connectivity index (χ1) is 35.5. The highest BCUT2D eigenvalue weighted by Crippen LogP contribution is 2.14. The Morgan fingerprint density at radius 2 is 0.542 bits per heavy atom. The Morgan fingerprint density at radius 3 is 0.847 bits per heavy atom. The Hall–Kier alpha value is -4.45. The molecule has 406 valence electrons. The summed E-state index contributed by atoms with van der Waals surface area (Å²) in [6.45, 7) is 6.33. The highest BCUT2D eigenvalue weighted by molar-refractivity contribution is 5.71. The standard InChI is InChI=1S/C66H106O6/c1-4-7-10-13-16-19-22-25-28-29-30-31-32-33-34-35-36-37-39-41-44-47-50-53-56-59-65(68)71-62-63(61-70-64(67)58-55-52-49-46-43-40-27-24-21-18-15-12-9-6-3)72-66(69)60-57-54-51-48-45-42-38-26-23-20-17-14-11-8-5-2/h7-8,10-11,15-20,24-28,30-31,33-34,36-38,63H,4-6,9,12-14,21-23,29,32,35,39-62H2,1-3H3/b10-7-,11-8-,18-15-,19-16-,20-17-,27-24-,28-25-,31-30-,34-33-,37-36-,38-26-. The van der Waals surface area contributed by atoms with Gasteiger partial charge in [0.2, 0.25) is 0 Å². The van der Waals surface area contributed by atoms with E-state index in [0.29, 0.717) is 19.3 Å². The second-order valence-electron chi connectivity index (χ2n) is 18.8. The van der Waals surface area contributed by atoms with E-state index in [2.05, 4.69) is 154 Å². The molecule has 0 spiro atoms. The molecule has 6 nitrogen and oxygen atoms in total. The lowest BCUT2D eigenvalue weighted by molar-refractivity contribution is -0.167. The van der Waals surface area contributed by atoms with Crippen molar-refractivity contribution in [1.29, 1.82) is 0 Å². The fourth-order valence-corrected chi connectivity index (χ4v) is 7.53. The summed E-state index contributed by atoms with van der Waals surface area (Å²) in [6.07, 6.45) is 83.0. The Balaban J connectivity index is 4.42. The van der Waals surface area contributed by atoms with E-state index in [9.17, 15) is 14.4 Å². The molecule has 0 aliphatic carbocycles. The number of rotatable bonds is 51. The molecule has 0 heterocycles. The largest absolute Gasteiger partial charge is 0.462 e. The van der Waals surface area contributed by atoms with E-state index in [4.69, 9.17) is 14.2 Å². The van der Waals surface area contributed by atoms with Crippen LogP contribution in [0.1, 0.15) is 245 Å². The van der Waals surface area contributed by atoms with Gasteiger partial charge in [0, 0.05) is 19.3 Å². The number of carbonyl (C=O) groups is 3. The van der Waals surface area contributed by atoms with Gasteiger partial charge in [-0.25, -0.2) is 0 Å². The summed E-state index contributed by atoms with van der Waals surface area (Å²) in [7, 11) is 0. The maximum absolute atomic E-state index is 12.8. The lowest BCUT2D eigenvalue weighted by atomic mass is 10.1. The van der Waals surface area contributed by atoms with Gasteiger partial charge in [-0.05, 0) is 128 Å². The van der Waals surface area contributed by atoms with Crippen molar-refractivity contribution in [2.24, 2.45) is 0 Å². The van der Waals surface area contributed by atoms with Crippen LogP contribution in [-0.4, -0.2) is 37.2 Å². The first-order valence-electron chi connectivity index (χ1n) is 29.2. The molecular formula is C66H106O6. The van der Waals surface area contributed by atoms with Crippen molar-refractivity contribution < 1.29 is 28.6 Å². The van der Waals surface area contributed by atoms with Crippen LogP contribution in [0.15, 0.2) is 134 Å². The SMILES string of the molecule is CC/C=C\C/C=C\C/C=C\C/C=C\C/C=C\C/C=C\CCCCCCCCC(=O)OCC(COC(=O)CCCCCCC/C=C\C/C=C\CCCC)OC(=O)CCCCCCC/C=C\C/C=C\C/C=C\CC. The maximum Gasteiger partial charge on any atom is 0.306 e. The summed E-state index contributed by atoms with van der Waals surface area (Å²) in [4.78, 5) is 38.2. The molecule has 0 bridgehead atoms. The van der Waals surface area contributed by atoms with Gasteiger partial charge >= 0.3 is 17.9 Å². The minimum absolute atomic E-state index is 0.101. The van der Waals surface area contributed by atoms with Gasteiger partial charge in [0.05, 0.1) is 0 Å². The number of esters is 3. The smallest absolute Gasteiger partial charge is 0.306 e. The molecule has 0 radical (unpaired) electrons. The first-order valence-corrected chi connectivity index (χ1v) is 29.2. The Morgan fingerprint density at radius 1 is 0.292 bits per heavy atom. The topological polar surface area (TPSA) is 78.9 Å². The van der Waals surface area contributed by atoms with Crippen molar-refractivity contribution in [3.05, 3.63) is 134 Å². The van der Waals surface area contributed by atoms with Crippen molar-refractivity contribution in [3.8, 4) is 0 Å². The summed E-state index contributed by atoms with van der Waals surface area (Å²) in [5.74, 6) is -0.950. The lowest BCUT2D eigenvalue weighted by Gasteiger charge is -2.18. The fourth-order valence-electron chi connectivity index (χ4n) is 7.53. The predicted octanol–water partition coefficient (Wildman–Crippen LogP) is 19.8. The van der Waals surface area contributed by atoms with Crippen LogP contribution in [0.5, 0.6) is 0 Å². The minimum Gasteiger partial charge on any atom is -0.462 e. The zero-order valence-corrected chi connectivity index (χ0v) is 46.4. The average Bonchev–Trinajstić information content (AvgIpc) is 3.38. The van der Waals surface area contributed by atoms with Crippen LogP contribution in [0, 0.1) is 0 Å². The van der Waals surface area contributed by atoms with Crippen LogP contribution >= 0.6 is 0 Å². The molecule has 0 fully saturated rings. The number of ether oxygens (including phenoxy) is 3. The van der Waals surface area contributed by atoms with Crippen molar-refractivity contribution in [2.75, 3.05) is 13.2 Å². The third-order valence-corrected chi connectivity index (χ3v) is 11.9. The first kappa shape index (κ1) is 67.5. The summed E-state index contributed by atoms with van der Waals surface area (Å²) in [6, 6.07) is 0. The van der Waals surface area contributed by atoms with Gasteiger partial charge in [0.25, 0.3) is 0 Å². The van der Waals surface area contributed by atoms with E-state index in [0.717, 1.165) is 173 Å². The number of hydrogen-bond donors (Lipinski definition) is 0. The predicted molar refractivity (Wildman–Crippen MR) is 311 cm³/mol. The highest BCUT2D eigenvalue weighted by atomic mass is 16.6. The number of hydrogen-bond acceptors (Lipinski definition) is 6. The van der Waals surface area contributed by atoms with Gasteiger partial charge < -0.3 is 14.2 Å². The van der Waals surface area contributed by atoms with Crippen molar-refractivity contribution >= 4 is 17.9 Å². The van der Waals surface area contributed by atoms with E-state index in [1.807, 2.05) is 0 Å². The van der Waals surface area contributed by atoms with Gasteiger partial charge in [-0.1, -0.05) is 231 Å². The molecule has 6 heteroatoms. The molecule has 0 saturated heterocycles. The molecule has 0 N–H and O–H groups in total. The highest BCUT2D eigenvalue weighted by Gasteiger charge is 2.19. The third-order valence-electron chi connectivity index (χ3n) is 11.9. The van der Waals surface area contributed by atoms with E-state index in [-0.39, 0.29) is 31.1 Å². The van der Waals surface area contributed by atoms with Crippen LogP contribution in [-0.2, 0) is 28.6 Å². The third kappa shape index (κ3) is 56.5. The monoisotopic (exact) mass is 995 g/mol. The second kappa shape index (κ2) is 59.1. The van der Waals surface area contributed by atoms with Crippen LogP contribution in [0.4, 0.5) is 0 Å². The minimum atomic E-state index is -0.805. The fraction of sp³-hybridized carbons (Fsp3) is 0.621. The molecule has 1 unspecified atom stereocenters. The Labute approximate surface area is 443 Å². The van der Waals surface area contributed by atoms with Crippen molar-refractivity contribution in [2.45, 2.75) is 252 Å². The molecular weight excluding hydrogens is 889 g/mol. The van der Waals surface area contributed by atoms with Gasteiger partial charge in [0.15, 0.2) is 6.10 Å². The molecule has 0 aromatic rings. The summed E-state index contributed by atoms with van der Waals surface area (Å²) < 4.78 is 16.8. The molecule has 0 saturated carbocycles. The van der Waals surface area contributed by atoms with Crippen LogP contribution in [0.2, 0.25) is 0 Å². The molecule has 0 amide bonds. The maximum atomic E-state index is 12.8.